The molecule has 0 spiro atoms. The summed E-state index contributed by atoms with van der Waals surface area (Å²) < 4.78 is 5.38. The highest BCUT2D eigenvalue weighted by Crippen LogP contribution is 2.09. The molecule has 0 bridgehead atoms. The van der Waals surface area contributed by atoms with Gasteiger partial charge in [0.05, 0.1) is 13.0 Å². The van der Waals surface area contributed by atoms with Crippen LogP contribution in [-0.2, 0) is 27.4 Å². The minimum atomic E-state index is -1.03. The molecule has 1 aromatic carbocycles. The quantitative estimate of drug-likeness (QED) is 0.664. The third kappa shape index (κ3) is 6.78. The minimum absolute atomic E-state index is 0.0906. The number of rotatable bonds is 7. The molecule has 9 nitrogen and oxygen atoms in total. The molecule has 1 aliphatic rings. The van der Waals surface area contributed by atoms with Gasteiger partial charge in [-0.25, -0.2) is 4.79 Å². The lowest BCUT2D eigenvalue weighted by Gasteiger charge is -2.26. The number of ether oxygens (including phenoxy) is 1. The molecule has 0 saturated carbocycles. The molecule has 9 heteroatoms. The number of nitrogens with zero attached hydrogens (tertiary/aromatic N) is 3. The van der Waals surface area contributed by atoms with Gasteiger partial charge in [-0.2, -0.15) is 0 Å². The average Bonchev–Trinajstić information content (AvgIpc) is 3.08. The van der Waals surface area contributed by atoms with E-state index in [0.29, 0.717) is 32.6 Å². The largest absolute Gasteiger partial charge is 0.445 e. The van der Waals surface area contributed by atoms with Gasteiger partial charge < -0.3 is 25.0 Å². The molecule has 2 aromatic rings. The van der Waals surface area contributed by atoms with Crippen LogP contribution in [0.5, 0.6) is 0 Å². The first-order chi connectivity index (χ1) is 15.6. The molecule has 1 atom stereocenters. The van der Waals surface area contributed by atoms with Crippen LogP contribution in [0.25, 0.3) is 0 Å². The highest BCUT2D eigenvalue weighted by atomic mass is 16.6. The Balaban J connectivity index is 1.48. The predicted octanol–water partition coefficient (Wildman–Crippen LogP) is 0.972. The first-order valence-corrected chi connectivity index (χ1v) is 10.6. The van der Waals surface area contributed by atoms with Gasteiger partial charge >= 0.3 is 6.09 Å². The first kappa shape index (κ1) is 23.2. The van der Waals surface area contributed by atoms with Crippen molar-refractivity contribution in [1.29, 1.82) is 0 Å². The second-order valence-corrected chi connectivity index (χ2v) is 7.54. The fourth-order valence-corrected chi connectivity index (χ4v) is 3.47. The van der Waals surface area contributed by atoms with Crippen molar-refractivity contribution in [1.82, 2.24) is 20.1 Å². The molecule has 1 saturated heterocycles. The van der Waals surface area contributed by atoms with E-state index in [0.717, 1.165) is 11.1 Å². The number of pyridine rings is 1. The lowest BCUT2D eigenvalue weighted by atomic mass is 10.1. The lowest BCUT2D eigenvalue weighted by molar-refractivity contribution is -0.137. The third-order valence-electron chi connectivity index (χ3n) is 5.20. The number of carbonyl (C=O) groups excluding carboxylic acids is 3. The zero-order valence-electron chi connectivity index (χ0n) is 17.9. The molecule has 1 aliphatic heterocycles. The summed E-state index contributed by atoms with van der Waals surface area (Å²) in [5.41, 5.74) is 1.67. The van der Waals surface area contributed by atoms with Crippen LogP contribution in [0.3, 0.4) is 0 Å². The van der Waals surface area contributed by atoms with E-state index in [1.807, 2.05) is 30.3 Å². The van der Waals surface area contributed by atoms with E-state index in [4.69, 9.17) is 4.74 Å². The zero-order valence-corrected chi connectivity index (χ0v) is 17.9. The van der Waals surface area contributed by atoms with Crippen LogP contribution in [0.1, 0.15) is 17.5 Å². The molecule has 0 aliphatic carbocycles. The number of aliphatic hydroxyl groups is 1. The Bertz CT molecular complexity index is 894. The summed E-state index contributed by atoms with van der Waals surface area (Å²) in [6.07, 6.45) is 3.42. The van der Waals surface area contributed by atoms with E-state index < -0.39 is 18.7 Å². The third-order valence-corrected chi connectivity index (χ3v) is 5.20. The summed E-state index contributed by atoms with van der Waals surface area (Å²) in [5, 5.41) is 12.3. The van der Waals surface area contributed by atoms with Gasteiger partial charge in [-0.1, -0.05) is 30.3 Å². The molecule has 3 rings (SSSR count). The van der Waals surface area contributed by atoms with Crippen molar-refractivity contribution in [3.8, 4) is 0 Å². The highest BCUT2D eigenvalue weighted by molar-refractivity contribution is 5.88. The molecule has 170 valence electrons. The Morgan fingerprint density at radius 1 is 0.969 bits per heavy atom. The summed E-state index contributed by atoms with van der Waals surface area (Å²) in [5.74, 6) is -0.723. The number of amides is 3. The molecule has 2 N–H and O–H groups in total. The van der Waals surface area contributed by atoms with Crippen LogP contribution < -0.4 is 5.32 Å². The van der Waals surface area contributed by atoms with Gasteiger partial charge in [-0.3, -0.25) is 14.6 Å². The van der Waals surface area contributed by atoms with Crippen molar-refractivity contribution in [3.05, 3.63) is 66.0 Å². The lowest BCUT2D eigenvalue weighted by Crippen LogP contribution is -2.51. The Kier molecular flexibility index (Phi) is 8.56. The second kappa shape index (κ2) is 11.8. The first-order valence-electron chi connectivity index (χ1n) is 10.6. The normalized spacial score (nSPS) is 14.9. The molecule has 3 amide bonds. The number of hydrogen-bond donors (Lipinski definition) is 2. The van der Waals surface area contributed by atoms with E-state index in [9.17, 15) is 19.5 Å². The van der Waals surface area contributed by atoms with E-state index in [1.54, 1.807) is 34.3 Å². The Hall–Kier alpha value is -3.46. The molecule has 1 aromatic heterocycles. The summed E-state index contributed by atoms with van der Waals surface area (Å²) in [6.45, 7) is 1.21. The molecule has 2 heterocycles. The zero-order chi connectivity index (χ0) is 22.8. The van der Waals surface area contributed by atoms with Crippen LogP contribution in [0, 0.1) is 0 Å². The number of carbonyl (C=O) groups is 3. The maximum Gasteiger partial charge on any atom is 0.410 e. The van der Waals surface area contributed by atoms with Crippen molar-refractivity contribution in [2.24, 2.45) is 0 Å². The number of aliphatic hydroxyl groups excluding tert-OH is 1. The van der Waals surface area contributed by atoms with Crippen molar-refractivity contribution in [3.63, 3.8) is 0 Å². The van der Waals surface area contributed by atoms with E-state index >= 15 is 0 Å². The van der Waals surface area contributed by atoms with Crippen LogP contribution in [-0.4, -0.2) is 76.6 Å². The van der Waals surface area contributed by atoms with Crippen LogP contribution >= 0.6 is 0 Å². The van der Waals surface area contributed by atoms with E-state index in [-0.39, 0.29) is 24.8 Å². The summed E-state index contributed by atoms with van der Waals surface area (Å²) in [7, 11) is 0. The predicted molar refractivity (Wildman–Crippen MR) is 116 cm³/mol. The van der Waals surface area contributed by atoms with Crippen LogP contribution in [0.2, 0.25) is 0 Å². The van der Waals surface area contributed by atoms with E-state index in [2.05, 4.69) is 10.3 Å². The van der Waals surface area contributed by atoms with Crippen molar-refractivity contribution in [2.75, 3.05) is 32.8 Å². The topological polar surface area (TPSA) is 112 Å². The number of nitrogens with one attached hydrogen (secondary N) is 1. The Morgan fingerprint density at radius 3 is 2.38 bits per heavy atom. The van der Waals surface area contributed by atoms with Crippen LogP contribution in [0.4, 0.5) is 4.79 Å². The van der Waals surface area contributed by atoms with Gasteiger partial charge in [0.25, 0.3) is 0 Å². The number of benzene rings is 1. The van der Waals surface area contributed by atoms with Gasteiger partial charge in [-0.05, 0) is 29.7 Å². The molecule has 1 unspecified atom stereocenters. The minimum Gasteiger partial charge on any atom is -0.445 e. The van der Waals surface area contributed by atoms with Gasteiger partial charge in [-0.15, -0.1) is 0 Å². The Morgan fingerprint density at radius 2 is 1.66 bits per heavy atom. The maximum atomic E-state index is 12.9. The standard InChI is InChI=1S/C23H28N4O5/c28-16-20(25-21(29)15-18-7-9-24-10-8-18)22(30)26-11-4-12-27(14-13-26)23(31)32-17-19-5-2-1-3-6-19/h1-3,5-10,20,28H,4,11-17H2,(H,25,29). The van der Waals surface area contributed by atoms with E-state index in [1.165, 1.54) is 0 Å². The number of aromatic nitrogens is 1. The smallest absolute Gasteiger partial charge is 0.410 e. The highest BCUT2D eigenvalue weighted by Gasteiger charge is 2.28. The molecule has 1 fully saturated rings. The molecular formula is C23H28N4O5. The second-order valence-electron chi connectivity index (χ2n) is 7.54. The molecule has 0 radical (unpaired) electrons. The summed E-state index contributed by atoms with van der Waals surface area (Å²) in [4.78, 5) is 44.6. The van der Waals surface area contributed by atoms with Gasteiger partial charge in [0, 0.05) is 38.6 Å². The number of hydrogen-bond acceptors (Lipinski definition) is 6. The SMILES string of the molecule is O=C(Cc1ccncc1)NC(CO)C(=O)N1CCCN(C(=O)OCc2ccccc2)CC1. The Labute approximate surface area is 187 Å². The fraction of sp³-hybridized carbons (Fsp3) is 0.391. The van der Waals surface area contributed by atoms with Gasteiger partial charge in [0.2, 0.25) is 11.8 Å². The summed E-state index contributed by atoms with van der Waals surface area (Å²) in [6, 6.07) is 11.8. The fourth-order valence-electron chi connectivity index (χ4n) is 3.47. The maximum absolute atomic E-state index is 12.9. The van der Waals surface area contributed by atoms with Crippen molar-refractivity contribution in [2.45, 2.75) is 25.5 Å². The molecule has 32 heavy (non-hydrogen) atoms. The monoisotopic (exact) mass is 440 g/mol. The average molecular weight is 441 g/mol. The van der Waals surface area contributed by atoms with Crippen molar-refractivity contribution < 1.29 is 24.2 Å². The van der Waals surface area contributed by atoms with Gasteiger partial charge in [0.1, 0.15) is 12.6 Å². The summed E-state index contributed by atoms with van der Waals surface area (Å²) >= 11 is 0. The van der Waals surface area contributed by atoms with Crippen LogP contribution in [0.15, 0.2) is 54.9 Å². The molecular weight excluding hydrogens is 412 g/mol. The van der Waals surface area contributed by atoms with Gasteiger partial charge in [0.15, 0.2) is 0 Å². The van der Waals surface area contributed by atoms with Crippen molar-refractivity contribution >= 4 is 17.9 Å².